The topological polar surface area (TPSA) is 74.3 Å². The summed E-state index contributed by atoms with van der Waals surface area (Å²) >= 11 is 0. The minimum absolute atomic E-state index is 0.142. The lowest BCUT2D eigenvalue weighted by Crippen LogP contribution is -2.44. The number of likely N-dealkylation sites (tertiary alicyclic amines) is 1. The molecular formula is C25H32N4O2. The van der Waals surface area contributed by atoms with E-state index in [0.29, 0.717) is 11.6 Å². The fourth-order valence-electron chi connectivity index (χ4n) is 4.63. The van der Waals surface area contributed by atoms with Gasteiger partial charge in [0.1, 0.15) is 0 Å². The fraction of sp³-hybridized carbons (Fsp3) is 0.480. The second-order valence-corrected chi connectivity index (χ2v) is 8.79. The Kier molecular flexibility index (Phi) is 7.30. The Hall–Kier alpha value is -2.73. The highest BCUT2D eigenvalue weighted by Crippen LogP contribution is 2.23. The molecule has 0 bridgehead atoms. The van der Waals surface area contributed by atoms with E-state index in [2.05, 4.69) is 26.6 Å². The largest absolute Gasteiger partial charge is 0.353 e. The zero-order chi connectivity index (χ0) is 21.5. The van der Waals surface area contributed by atoms with Crippen LogP contribution in [0.5, 0.6) is 0 Å². The number of piperidine rings is 1. The number of benzene rings is 1. The highest BCUT2D eigenvalue weighted by Gasteiger charge is 2.27. The summed E-state index contributed by atoms with van der Waals surface area (Å²) in [6, 6.07) is 11.9. The molecule has 164 valence electrons. The van der Waals surface area contributed by atoms with Crippen molar-refractivity contribution in [2.75, 3.05) is 18.4 Å². The van der Waals surface area contributed by atoms with Gasteiger partial charge in [-0.05, 0) is 68.6 Å². The number of hydrogen-bond acceptors (Lipinski definition) is 4. The lowest BCUT2D eigenvalue weighted by Gasteiger charge is -2.32. The minimum Gasteiger partial charge on any atom is -0.353 e. The van der Waals surface area contributed by atoms with Crippen LogP contribution in [0.4, 0.5) is 5.69 Å². The van der Waals surface area contributed by atoms with Gasteiger partial charge in [-0.2, -0.15) is 0 Å². The molecule has 0 radical (unpaired) electrons. The van der Waals surface area contributed by atoms with E-state index in [0.717, 1.165) is 56.6 Å². The summed E-state index contributed by atoms with van der Waals surface area (Å²) in [5.41, 5.74) is 2.49. The van der Waals surface area contributed by atoms with Crippen LogP contribution in [-0.2, 0) is 11.3 Å². The molecule has 1 aliphatic carbocycles. The zero-order valence-electron chi connectivity index (χ0n) is 18.1. The van der Waals surface area contributed by atoms with Crippen LogP contribution in [-0.4, -0.2) is 40.8 Å². The number of amides is 2. The molecule has 2 aromatic rings. The molecule has 4 rings (SSSR count). The van der Waals surface area contributed by atoms with Gasteiger partial charge in [-0.15, -0.1) is 0 Å². The molecule has 2 N–H and O–H groups in total. The summed E-state index contributed by atoms with van der Waals surface area (Å²) < 4.78 is 0. The molecule has 2 amide bonds. The van der Waals surface area contributed by atoms with Crippen molar-refractivity contribution >= 4 is 17.5 Å². The highest BCUT2D eigenvalue weighted by molar-refractivity contribution is 6.04. The van der Waals surface area contributed by atoms with E-state index in [1.807, 2.05) is 18.2 Å². The molecule has 1 saturated heterocycles. The summed E-state index contributed by atoms with van der Waals surface area (Å²) in [6.45, 7) is 2.68. The number of rotatable bonds is 6. The van der Waals surface area contributed by atoms with Gasteiger partial charge in [0.05, 0.1) is 5.56 Å². The van der Waals surface area contributed by atoms with Gasteiger partial charge in [0, 0.05) is 36.6 Å². The van der Waals surface area contributed by atoms with Crippen LogP contribution >= 0.6 is 0 Å². The number of aromatic nitrogens is 1. The molecular weight excluding hydrogens is 388 g/mol. The average Bonchev–Trinajstić information content (AvgIpc) is 2.81. The van der Waals surface area contributed by atoms with Gasteiger partial charge in [0.15, 0.2) is 0 Å². The molecule has 1 aromatic carbocycles. The van der Waals surface area contributed by atoms with E-state index < -0.39 is 0 Å². The van der Waals surface area contributed by atoms with Gasteiger partial charge >= 0.3 is 0 Å². The van der Waals surface area contributed by atoms with Crippen LogP contribution in [0, 0.1) is 5.92 Å². The third-order valence-electron chi connectivity index (χ3n) is 6.42. The number of carbonyl (C=O) groups is 2. The van der Waals surface area contributed by atoms with Crippen LogP contribution in [0.25, 0.3) is 0 Å². The lowest BCUT2D eigenvalue weighted by atomic mass is 9.92. The molecule has 0 atom stereocenters. The molecule has 2 heterocycles. The maximum Gasteiger partial charge on any atom is 0.257 e. The average molecular weight is 421 g/mol. The van der Waals surface area contributed by atoms with Gasteiger partial charge in [0.25, 0.3) is 5.91 Å². The van der Waals surface area contributed by atoms with Crippen molar-refractivity contribution in [3.05, 3.63) is 59.9 Å². The van der Waals surface area contributed by atoms with Gasteiger partial charge in [-0.1, -0.05) is 31.4 Å². The van der Waals surface area contributed by atoms with Gasteiger partial charge in [-0.25, -0.2) is 0 Å². The van der Waals surface area contributed by atoms with E-state index in [4.69, 9.17) is 0 Å². The summed E-state index contributed by atoms with van der Waals surface area (Å²) in [7, 11) is 0. The molecule has 0 spiro atoms. The zero-order valence-corrected chi connectivity index (χ0v) is 18.1. The normalized spacial score (nSPS) is 18.5. The molecule has 6 nitrogen and oxygen atoms in total. The second kappa shape index (κ2) is 10.5. The number of nitrogens with one attached hydrogen (secondary N) is 2. The first kappa shape index (κ1) is 21.5. The molecule has 0 unspecified atom stereocenters. The van der Waals surface area contributed by atoms with Crippen LogP contribution in [0.2, 0.25) is 0 Å². The molecule has 31 heavy (non-hydrogen) atoms. The van der Waals surface area contributed by atoms with E-state index in [9.17, 15) is 9.59 Å². The standard InChI is InChI=1S/C25H32N4O2/c30-24(27-22-8-2-1-3-9-22)20-11-14-29(15-12-20)18-19-6-4-10-23(16-19)28-25(31)21-7-5-13-26-17-21/h4-7,10,13,16-17,20,22H,1-3,8-9,11-12,14-15,18H2,(H,27,30)(H,28,31). The molecule has 2 aliphatic rings. The lowest BCUT2D eigenvalue weighted by molar-refractivity contribution is -0.127. The predicted molar refractivity (Wildman–Crippen MR) is 122 cm³/mol. The smallest absolute Gasteiger partial charge is 0.257 e. The van der Waals surface area contributed by atoms with Crippen molar-refractivity contribution in [1.82, 2.24) is 15.2 Å². The van der Waals surface area contributed by atoms with E-state index in [-0.39, 0.29) is 17.7 Å². The molecule has 2 fully saturated rings. The molecule has 6 heteroatoms. The SMILES string of the molecule is O=C(Nc1cccc(CN2CCC(C(=O)NC3CCCCC3)CC2)c1)c1cccnc1. The summed E-state index contributed by atoms with van der Waals surface area (Å²) in [5.74, 6) is 0.241. The highest BCUT2D eigenvalue weighted by atomic mass is 16.2. The number of anilines is 1. The Balaban J connectivity index is 1.25. The number of carbonyl (C=O) groups excluding carboxylic acids is 2. The van der Waals surface area contributed by atoms with Crippen LogP contribution in [0.3, 0.4) is 0 Å². The van der Waals surface area contributed by atoms with Crippen LogP contribution in [0.15, 0.2) is 48.8 Å². The Morgan fingerprint density at radius 3 is 2.55 bits per heavy atom. The number of pyridine rings is 1. The monoisotopic (exact) mass is 420 g/mol. The third kappa shape index (κ3) is 6.14. The van der Waals surface area contributed by atoms with E-state index >= 15 is 0 Å². The maximum atomic E-state index is 12.6. The van der Waals surface area contributed by atoms with Crippen molar-refractivity contribution in [3.63, 3.8) is 0 Å². The minimum atomic E-state index is -0.157. The van der Waals surface area contributed by atoms with Crippen molar-refractivity contribution in [2.24, 2.45) is 5.92 Å². The van der Waals surface area contributed by atoms with Crippen molar-refractivity contribution in [1.29, 1.82) is 0 Å². The first-order valence-electron chi connectivity index (χ1n) is 11.5. The van der Waals surface area contributed by atoms with Crippen molar-refractivity contribution < 1.29 is 9.59 Å². The van der Waals surface area contributed by atoms with E-state index in [1.165, 1.54) is 19.3 Å². The Bertz CT molecular complexity index is 872. The number of nitrogens with zero attached hydrogens (tertiary/aromatic N) is 2. The van der Waals surface area contributed by atoms with Crippen molar-refractivity contribution in [3.8, 4) is 0 Å². The summed E-state index contributed by atoms with van der Waals surface area (Å²) in [5, 5.41) is 6.24. The summed E-state index contributed by atoms with van der Waals surface area (Å²) in [6.07, 6.45) is 11.1. The first-order chi connectivity index (χ1) is 15.2. The third-order valence-corrected chi connectivity index (χ3v) is 6.42. The Labute approximate surface area is 184 Å². The Morgan fingerprint density at radius 2 is 1.81 bits per heavy atom. The predicted octanol–water partition coefficient (Wildman–Crippen LogP) is 3.99. The molecule has 1 saturated carbocycles. The maximum absolute atomic E-state index is 12.6. The molecule has 1 aromatic heterocycles. The van der Waals surface area contributed by atoms with Gasteiger partial charge < -0.3 is 10.6 Å². The first-order valence-corrected chi connectivity index (χ1v) is 11.5. The van der Waals surface area contributed by atoms with Crippen LogP contribution in [0.1, 0.15) is 60.9 Å². The van der Waals surface area contributed by atoms with Crippen LogP contribution < -0.4 is 10.6 Å². The van der Waals surface area contributed by atoms with Gasteiger partial charge in [-0.3, -0.25) is 19.5 Å². The molecule has 1 aliphatic heterocycles. The second-order valence-electron chi connectivity index (χ2n) is 8.79. The fourth-order valence-corrected chi connectivity index (χ4v) is 4.63. The Morgan fingerprint density at radius 1 is 1.00 bits per heavy atom. The number of hydrogen-bond donors (Lipinski definition) is 2. The van der Waals surface area contributed by atoms with E-state index in [1.54, 1.807) is 24.5 Å². The van der Waals surface area contributed by atoms with Crippen molar-refractivity contribution in [2.45, 2.75) is 57.5 Å². The summed E-state index contributed by atoms with van der Waals surface area (Å²) in [4.78, 5) is 31.4. The quantitative estimate of drug-likeness (QED) is 0.741. The van der Waals surface area contributed by atoms with Gasteiger partial charge in [0.2, 0.25) is 5.91 Å².